The van der Waals surface area contributed by atoms with Crippen molar-refractivity contribution in [3.05, 3.63) is 94.3 Å². The zero-order chi connectivity index (χ0) is 21.3. The van der Waals surface area contributed by atoms with Gasteiger partial charge in [-0.1, -0.05) is 36.4 Å². The highest BCUT2D eigenvalue weighted by molar-refractivity contribution is 5.78. The molecule has 1 N–H and O–H groups in total. The maximum atomic E-state index is 11.1. The van der Waals surface area contributed by atoms with Crippen LogP contribution < -0.4 is 4.74 Å². The predicted octanol–water partition coefficient (Wildman–Crippen LogP) is 5.43. The molecule has 0 radical (unpaired) electrons. The first kappa shape index (κ1) is 20.2. The Labute approximate surface area is 177 Å². The molecule has 1 unspecified atom stereocenters. The van der Waals surface area contributed by atoms with Crippen molar-refractivity contribution in [3.8, 4) is 5.75 Å². The third-order valence-electron chi connectivity index (χ3n) is 5.82. The van der Waals surface area contributed by atoms with Crippen molar-refractivity contribution < 1.29 is 9.84 Å². The molecule has 1 atom stereocenters. The summed E-state index contributed by atoms with van der Waals surface area (Å²) in [5, 5.41) is 11.1. The van der Waals surface area contributed by atoms with Crippen LogP contribution in [0.4, 0.5) is 0 Å². The van der Waals surface area contributed by atoms with Gasteiger partial charge in [0.15, 0.2) is 0 Å². The van der Waals surface area contributed by atoms with E-state index in [0.29, 0.717) is 19.0 Å². The Kier molecular flexibility index (Phi) is 5.60. The van der Waals surface area contributed by atoms with Crippen molar-refractivity contribution in [3.63, 3.8) is 0 Å². The SMILES string of the molecule is Cc1ccc(OCCn2c(C(O)c3ccccc3)nc3cc(C)c(C)cc32)cc1C. The molecular formula is C26H28N2O2. The standard InChI is InChI=1S/C26H28N2O2/c1-17-10-11-22(14-18(17)2)30-13-12-28-24-16-20(4)19(3)15-23(24)27-26(28)25(29)21-8-6-5-7-9-21/h5-11,14-16,25,29H,12-13H2,1-4H3. The number of benzene rings is 3. The number of hydrogen-bond donors (Lipinski definition) is 1. The minimum absolute atomic E-state index is 0.495. The number of nitrogens with zero attached hydrogens (tertiary/aromatic N) is 2. The highest BCUT2D eigenvalue weighted by Crippen LogP contribution is 2.27. The zero-order valence-corrected chi connectivity index (χ0v) is 18.0. The highest BCUT2D eigenvalue weighted by atomic mass is 16.5. The molecule has 30 heavy (non-hydrogen) atoms. The van der Waals surface area contributed by atoms with E-state index in [1.165, 1.54) is 22.3 Å². The minimum Gasteiger partial charge on any atom is -0.492 e. The molecule has 0 saturated carbocycles. The molecule has 4 heteroatoms. The lowest BCUT2D eigenvalue weighted by Crippen LogP contribution is -2.14. The van der Waals surface area contributed by atoms with E-state index < -0.39 is 6.10 Å². The van der Waals surface area contributed by atoms with Gasteiger partial charge in [-0.05, 0) is 79.8 Å². The quantitative estimate of drug-likeness (QED) is 0.469. The van der Waals surface area contributed by atoms with E-state index in [2.05, 4.69) is 56.5 Å². The van der Waals surface area contributed by atoms with E-state index in [0.717, 1.165) is 22.3 Å². The largest absolute Gasteiger partial charge is 0.492 e. The Hall–Kier alpha value is -3.11. The number of aromatic nitrogens is 2. The Bertz CT molecular complexity index is 1180. The minimum atomic E-state index is -0.791. The van der Waals surface area contributed by atoms with Crippen LogP contribution >= 0.6 is 0 Å². The Morgan fingerprint density at radius 2 is 1.57 bits per heavy atom. The van der Waals surface area contributed by atoms with Crippen LogP contribution in [0.1, 0.15) is 39.7 Å². The molecule has 154 valence electrons. The summed E-state index contributed by atoms with van der Waals surface area (Å²) in [5.41, 5.74) is 7.62. The third kappa shape index (κ3) is 3.96. The van der Waals surface area contributed by atoms with Gasteiger partial charge >= 0.3 is 0 Å². The fourth-order valence-electron chi connectivity index (χ4n) is 3.69. The zero-order valence-electron chi connectivity index (χ0n) is 18.0. The molecule has 0 aliphatic heterocycles. The number of aryl methyl sites for hydroxylation is 4. The molecule has 0 saturated heterocycles. The first-order valence-corrected chi connectivity index (χ1v) is 10.3. The summed E-state index contributed by atoms with van der Waals surface area (Å²) in [6, 6.07) is 20.0. The molecule has 0 aliphatic carbocycles. The first-order chi connectivity index (χ1) is 14.4. The molecule has 0 spiro atoms. The van der Waals surface area contributed by atoms with Crippen molar-refractivity contribution in [2.24, 2.45) is 0 Å². The second-order valence-electron chi connectivity index (χ2n) is 7.95. The van der Waals surface area contributed by atoms with Crippen molar-refractivity contribution in [2.45, 2.75) is 40.3 Å². The lowest BCUT2D eigenvalue weighted by atomic mass is 10.1. The van der Waals surface area contributed by atoms with Gasteiger partial charge in [-0.15, -0.1) is 0 Å². The lowest BCUT2D eigenvalue weighted by molar-refractivity contribution is 0.201. The van der Waals surface area contributed by atoms with Gasteiger partial charge in [-0.25, -0.2) is 4.98 Å². The second-order valence-corrected chi connectivity index (χ2v) is 7.95. The maximum absolute atomic E-state index is 11.1. The molecule has 0 fully saturated rings. The smallest absolute Gasteiger partial charge is 0.143 e. The number of ether oxygens (including phenoxy) is 1. The third-order valence-corrected chi connectivity index (χ3v) is 5.82. The summed E-state index contributed by atoms with van der Waals surface area (Å²) in [6.45, 7) is 9.47. The summed E-state index contributed by atoms with van der Waals surface area (Å²) in [4.78, 5) is 4.80. The maximum Gasteiger partial charge on any atom is 0.143 e. The molecular weight excluding hydrogens is 372 g/mol. The second kappa shape index (κ2) is 8.33. The van der Waals surface area contributed by atoms with Crippen LogP contribution in [0.15, 0.2) is 60.7 Å². The predicted molar refractivity (Wildman–Crippen MR) is 121 cm³/mol. The Morgan fingerprint density at radius 3 is 2.30 bits per heavy atom. The number of hydrogen-bond acceptors (Lipinski definition) is 3. The first-order valence-electron chi connectivity index (χ1n) is 10.3. The summed E-state index contributed by atoms with van der Waals surface area (Å²) >= 11 is 0. The van der Waals surface area contributed by atoms with Crippen LogP contribution in [0.5, 0.6) is 5.75 Å². The number of fused-ring (bicyclic) bond motifs is 1. The average molecular weight is 401 g/mol. The van der Waals surface area contributed by atoms with Gasteiger partial charge in [0.05, 0.1) is 17.6 Å². The van der Waals surface area contributed by atoms with E-state index in [4.69, 9.17) is 9.72 Å². The van der Waals surface area contributed by atoms with Crippen LogP contribution in [0.2, 0.25) is 0 Å². The van der Waals surface area contributed by atoms with Crippen molar-refractivity contribution >= 4 is 11.0 Å². The normalized spacial score (nSPS) is 12.3. The van der Waals surface area contributed by atoms with Gasteiger partial charge in [-0.3, -0.25) is 0 Å². The van der Waals surface area contributed by atoms with E-state index in [1.54, 1.807) is 0 Å². The monoisotopic (exact) mass is 400 g/mol. The van der Waals surface area contributed by atoms with Gasteiger partial charge in [0.1, 0.15) is 24.3 Å². The molecule has 3 aromatic carbocycles. The fraction of sp³-hybridized carbons (Fsp3) is 0.269. The Morgan fingerprint density at radius 1 is 0.867 bits per heavy atom. The van der Waals surface area contributed by atoms with E-state index in [-0.39, 0.29) is 0 Å². The molecule has 4 nitrogen and oxygen atoms in total. The Balaban J connectivity index is 1.67. The van der Waals surface area contributed by atoms with Gasteiger partial charge in [-0.2, -0.15) is 0 Å². The average Bonchev–Trinajstić information content (AvgIpc) is 3.08. The van der Waals surface area contributed by atoms with E-state index >= 15 is 0 Å². The van der Waals surface area contributed by atoms with Crippen LogP contribution in [-0.4, -0.2) is 21.3 Å². The molecule has 1 heterocycles. The van der Waals surface area contributed by atoms with Gasteiger partial charge in [0.25, 0.3) is 0 Å². The lowest BCUT2D eigenvalue weighted by Gasteiger charge is -2.15. The molecule has 1 aromatic heterocycles. The molecule has 4 aromatic rings. The molecule has 0 aliphatic rings. The van der Waals surface area contributed by atoms with Crippen molar-refractivity contribution in [1.82, 2.24) is 9.55 Å². The van der Waals surface area contributed by atoms with Crippen LogP contribution in [0.25, 0.3) is 11.0 Å². The van der Waals surface area contributed by atoms with Crippen LogP contribution in [0.3, 0.4) is 0 Å². The topological polar surface area (TPSA) is 47.3 Å². The number of aliphatic hydroxyl groups is 1. The fourth-order valence-corrected chi connectivity index (χ4v) is 3.69. The molecule has 4 rings (SSSR count). The van der Waals surface area contributed by atoms with Crippen molar-refractivity contribution in [2.75, 3.05) is 6.61 Å². The summed E-state index contributed by atoms with van der Waals surface area (Å²) < 4.78 is 8.11. The van der Waals surface area contributed by atoms with Crippen molar-refractivity contribution in [1.29, 1.82) is 0 Å². The number of rotatable bonds is 6. The van der Waals surface area contributed by atoms with E-state index in [1.807, 2.05) is 36.4 Å². The van der Waals surface area contributed by atoms with Crippen LogP contribution in [-0.2, 0) is 6.54 Å². The number of imidazole rings is 1. The highest BCUT2D eigenvalue weighted by Gasteiger charge is 2.20. The van der Waals surface area contributed by atoms with Gasteiger partial charge < -0.3 is 14.4 Å². The van der Waals surface area contributed by atoms with Crippen LogP contribution in [0, 0.1) is 27.7 Å². The van der Waals surface area contributed by atoms with Gasteiger partial charge in [0, 0.05) is 0 Å². The summed E-state index contributed by atoms with van der Waals surface area (Å²) in [5.74, 6) is 1.50. The summed E-state index contributed by atoms with van der Waals surface area (Å²) in [7, 11) is 0. The summed E-state index contributed by atoms with van der Waals surface area (Å²) in [6.07, 6.45) is -0.791. The molecule has 0 bridgehead atoms. The molecule has 0 amide bonds. The number of aliphatic hydroxyl groups excluding tert-OH is 1. The van der Waals surface area contributed by atoms with Gasteiger partial charge in [0.2, 0.25) is 0 Å². The van der Waals surface area contributed by atoms with E-state index in [9.17, 15) is 5.11 Å².